The summed E-state index contributed by atoms with van der Waals surface area (Å²) in [6.07, 6.45) is 2.21. The SMILES string of the molecule is C=CCc1ccc(-c2ccc(C#CC(C)O)cc2)cc1. The number of hydrogen-bond acceptors (Lipinski definition) is 1. The van der Waals surface area contributed by atoms with Gasteiger partial charge in [-0.05, 0) is 42.2 Å². The maximum Gasteiger partial charge on any atom is 0.112 e. The second-order valence-electron chi connectivity index (χ2n) is 4.71. The van der Waals surface area contributed by atoms with E-state index in [9.17, 15) is 0 Å². The molecule has 0 aromatic heterocycles. The largest absolute Gasteiger partial charge is 0.381 e. The van der Waals surface area contributed by atoms with Crippen LogP contribution < -0.4 is 0 Å². The number of hydrogen-bond donors (Lipinski definition) is 1. The van der Waals surface area contributed by atoms with Gasteiger partial charge in [-0.3, -0.25) is 0 Å². The van der Waals surface area contributed by atoms with E-state index in [1.807, 2.05) is 18.2 Å². The van der Waals surface area contributed by atoms with Gasteiger partial charge in [-0.15, -0.1) is 6.58 Å². The van der Waals surface area contributed by atoms with Crippen molar-refractivity contribution in [2.75, 3.05) is 0 Å². The summed E-state index contributed by atoms with van der Waals surface area (Å²) in [4.78, 5) is 0. The lowest BCUT2D eigenvalue weighted by atomic mass is 10.0. The van der Waals surface area contributed by atoms with Gasteiger partial charge in [0, 0.05) is 5.56 Å². The molecule has 0 amide bonds. The molecule has 2 rings (SSSR count). The maximum atomic E-state index is 9.14. The molecule has 0 radical (unpaired) electrons. The van der Waals surface area contributed by atoms with Crippen molar-refractivity contribution in [2.24, 2.45) is 0 Å². The van der Waals surface area contributed by atoms with Gasteiger partial charge in [-0.1, -0.05) is 54.3 Å². The standard InChI is InChI=1S/C19H18O/c1-3-4-16-7-11-18(12-8-16)19-13-9-17(10-14-19)6-5-15(2)20/h3,7-15,20H,1,4H2,2H3. The summed E-state index contributed by atoms with van der Waals surface area (Å²) < 4.78 is 0. The van der Waals surface area contributed by atoms with Gasteiger partial charge in [0.15, 0.2) is 0 Å². The quantitative estimate of drug-likeness (QED) is 0.658. The Morgan fingerprint density at radius 2 is 1.60 bits per heavy atom. The van der Waals surface area contributed by atoms with E-state index < -0.39 is 6.10 Å². The minimum Gasteiger partial charge on any atom is -0.381 e. The molecule has 0 aliphatic rings. The zero-order chi connectivity index (χ0) is 14.4. The Balaban J connectivity index is 2.17. The van der Waals surface area contributed by atoms with Crippen molar-refractivity contribution < 1.29 is 5.11 Å². The fraction of sp³-hybridized carbons (Fsp3) is 0.158. The molecule has 0 fully saturated rings. The molecular formula is C19H18O. The van der Waals surface area contributed by atoms with Gasteiger partial charge in [0.05, 0.1) is 0 Å². The summed E-state index contributed by atoms with van der Waals surface area (Å²) in [5.41, 5.74) is 4.53. The molecule has 1 heteroatoms. The molecule has 100 valence electrons. The van der Waals surface area contributed by atoms with Crippen LogP contribution in [0.5, 0.6) is 0 Å². The molecule has 1 atom stereocenters. The van der Waals surface area contributed by atoms with Crippen molar-refractivity contribution in [3.63, 3.8) is 0 Å². The van der Waals surface area contributed by atoms with Gasteiger partial charge in [-0.2, -0.15) is 0 Å². The van der Waals surface area contributed by atoms with Gasteiger partial charge in [-0.25, -0.2) is 0 Å². The minimum atomic E-state index is -0.591. The van der Waals surface area contributed by atoms with Crippen LogP contribution in [0, 0.1) is 11.8 Å². The smallest absolute Gasteiger partial charge is 0.112 e. The molecular weight excluding hydrogens is 244 g/mol. The molecule has 0 spiro atoms. The van der Waals surface area contributed by atoms with E-state index in [2.05, 4.69) is 54.8 Å². The molecule has 0 aliphatic heterocycles. The van der Waals surface area contributed by atoms with Crippen LogP contribution in [0.25, 0.3) is 11.1 Å². The van der Waals surface area contributed by atoms with E-state index in [-0.39, 0.29) is 0 Å². The molecule has 0 heterocycles. The number of allylic oxidation sites excluding steroid dienone is 1. The van der Waals surface area contributed by atoms with Crippen molar-refractivity contribution >= 4 is 0 Å². The van der Waals surface area contributed by atoms with Crippen LogP contribution in [0.3, 0.4) is 0 Å². The van der Waals surface area contributed by atoms with Gasteiger partial charge in [0.1, 0.15) is 6.10 Å². The van der Waals surface area contributed by atoms with E-state index in [1.54, 1.807) is 6.92 Å². The summed E-state index contributed by atoms with van der Waals surface area (Å²) in [6.45, 7) is 5.40. The van der Waals surface area contributed by atoms with Crippen molar-refractivity contribution in [1.29, 1.82) is 0 Å². The predicted octanol–water partition coefficient (Wildman–Crippen LogP) is 3.81. The van der Waals surface area contributed by atoms with Crippen LogP contribution in [0.2, 0.25) is 0 Å². The summed E-state index contributed by atoms with van der Waals surface area (Å²) in [7, 11) is 0. The molecule has 20 heavy (non-hydrogen) atoms. The first-order chi connectivity index (χ1) is 9.69. The Labute approximate surface area is 120 Å². The molecule has 1 nitrogen and oxygen atoms in total. The highest BCUT2D eigenvalue weighted by Crippen LogP contribution is 2.20. The fourth-order valence-electron chi connectivity index (χ4n) is 1.93. The van der Waals surface area contributed by atoms with Gasteiger partial charge < -0.3 is 5.11 Å². The van der Waals surface area contributed by atoms with E-state index in [1.165, 1.54) is 11.1 Å². The van der Waals surface area contributed by atoms with Gasteiger partial charge in [0.2, 0.25) is 0 Å². The highest BCUT2D eigenvalue weighted by molar-refractivity contribution is 5.64. The lowest BCUT2D eigenvalue weighted by molar-refractivity contribution is 0.253. The summed E-state index contributed by atoms with van der Waals surface area (Å²) in [5, 5.41) is 9.14. The first-order valence-electron chi connectivity index (χ1n) is 6.69. The fourth-order valence-corrected chi connectivity index (χ4v) is 1.93. The molecule has 2 aromatic rings. The Bertz CT molecular complexity index is 622. The molecule has 0 saturated heterocycles. The lowest BCUT2D eigenvalue weighted by Crippen LogP contribution is -1.92. The number of rotatable bonds is 3. The van der Waals surface area contributed by atoms with E-state index in [0.29, 0.717) is 0 Å². The number of aliphatic hydroxyl groups is 1. The average molecular weight is 262 g/mol. The average Bonchev–Trinajstić information content (AvgIpc) is 2.47. The maximum absolute atomic E-state index is 9.14. The topological polar surface area (TPSA) is 20.2 Å². The van der Waals surface area contributed by atoms with E-state index in [0.717, 1.165) is 17.5 Å². The third-order valence-corrected chi connectivity index (χ3v) is 2.98. The summed E-state index contributed by atoms with van der Waals surface area (Å²) in [5.74, 6) is 5.68. The first-order valence-corrected chi connectivity index (χ1v) is 6.69. The third kappa shape index (κ3) is 3.85. The summed E-state index contributed by atoms with van der Waals surface area (Å²) >= 11 is 0. The molecule has 2 aromatic carbocycles. The normalized spacial score (nSPS) is 11.3. The van der Waals surface area contributed by atoms with Crippen LogP contribution in [0.1, 0.15) is 18.1 Å². The highest BCUT2D eigenvalue weighted by atomic mass is 16.3. The monoisotopic (exact) mass is 262 g/mol. The van der Waals surface area contributed by atoms with Crippen molar-refractivity contribution in [2.45, 2.75) is 19.4 Å². The Hall–Kier alpha value is -2.30. The van der Waals surface area contributed by atoms with Crippen LogP contribution in [0.4, 0.5) is 0 Å². The predicted molar refractivity (Wildman–Crippen MR) is 84.3 cm³/mol. The molecule has 0 bridgehead atoms. The summed E-state index contributed by atoms with van der Waals surface area (Å²) in [6, 6.07) is 16.5. The second-order valence-corrected chi connectivity index (χ2v) is 4.71. The van der Waals surface area contributed by atoms with E-state index >= 15 is 0 Å². The molecule has 1 unspecified atom stereocenters. The third-order valence-electron chi connectivity index (χ3n) is 2.98. The Morgan fingerprint density at radius 1 is 1.05 bits per heavy atom. The van der Waals surface area contributed by atoms with E-state index in [4.69, 9.17) is 5.11 Å². The highest BCUT2D eigenvalue weighted by Gasteiger charge is 1.98. The molecule has 0 saturated carbocycles. The lowest BCUT2D eigenvalue weighted by Gasteiger charge is -2.03. The van der Waals surface area contributed by atoms with Gasteiger partial charge >= 0.3 is 0 Å². The van der Waals surface area contributed by atoms with Gasteiger partial charge in [0.25, 0.3) is 0 Å². The van der Waals surface area contributed by atoms with Crippen LogP contribution in [-0.4, -0.2) is 11.2 Å². The van der Waals surface area contributed by atoms with Crippen molar-refractivity contribution in [3.8, 4) is 23.0 Å². The second kappa shape index (κ2) is 6.75. The zero-order valence-corrected chi connectivity index (χ0v) is 11.6. The minimum absolute atomic E-state index is 0.591. The molecule has 0 aliphatic carbocycles. The zero-order valence-electron chi connectivity index (χ0n) is 11.6. The Kier molecular flexibility index (Phi) is 4.76. The number of aliphatic hydroxyl groups excluding tert-OH is 1. The van der Waals surface area contributed by atoms with Crippen LogP contribution in [-0.2, 0) is 6.42 Å². The van der Waals surface area contributed by atoms with Crippen LogP contribution in [0.15, 0.2) is 61.2 Å². The Morgan fingerprint density at radius 3 is 2.10 bits per heavy atom. The first kappa shape index (κ1) is 14.1. The molecule has 1 N–H and O–H groups in total. The van der Waals surface area contributed by atoms with Crippen molar-refractivity contribution in [1.82, 2.24) is 0 Å². The number of benzene rings is 2. The van der Waals surface area contributed by atoms with Crippen molar-refractivity contribution in [3.05, 3.63) is 72.3 Å². The van der Waals surface area contributed by atoms with Crippen LogP contribution >= 0.6 is 0 Å².